The number of carbonyl (C=O) groups excluding carboxylic acids is 3. The molecule has 0 aliphatic carbocycles. The van der Waals surface area contributed by atoms with Gasteiger partial charge in [0, 0.05) is 19.3 Å². The number of carbonyl (C=O) groups is 3. The fourth-order valence-corrected chi connectivity index (χ4v) is 6.78. The zero-order chi connectivity index (χ0) is 45.1. The molecule has 1 atom stereocenters. The van der Waals surface area contributed by atoms with Crippen molar-refractivity contribution in [2.75, 3.05) is 13.2 Å². The van der Waals surface area contributed by atoms with E-state index in [2.05, 4.69) is 106 Å². The third-order valence-corrected chi connectivity index (χ3v) is 10.6. The van der Waals surface area contributed by atoms with Crippen molar-refractivity contribution >= 4 is 17.9 Å². The maximum atomic E-state index is 12.8. The molecule has 0 aromatic carbocycles. The van der Waals surface area contributed by atoms with Crippen molar-refractivity contribution in [3.8, 4) is 0 Å². The van der Waals surface area contributed by atoms with Gasteiger partial charge >= 0.3 is 17.9 Å². The smallest absolute Gasteiger partial charge is 0.306 e. The lowest BCUT2D eigenvalue weighted by Gasteiger charge is -2.18. The van der Waals surface area contributed by atoms with E-state index in [0.29, 0.717) is 19.3 Å². The Balaban J connectivity index is 4.45. The Morgan fingerprint density at radius 2 is 0.645 bits per heavy atom. The van der Waals surface area contributed by atoms with Crippen LogP contribution >= 0.6 is 0 Å². The fraction of sp³-hybridized carbons (Fsp3) is 0.696. The summed E-state index contributed by atoms with van der Waals surface area (Å²) in [6, 6.07) is 0. The highest BCUT2D eigenvalue weighted by Crippen LogP contribution is 2.14. The third kappa shape index (κ3) is 47.6. The van der Waals surface area contributed by atoms with Gasteiger partial charge in [-0.25, -0.2) is 0 Å². The third-order valence-electron chi connectivity index (χ3n) is 10.6. The summed E-state index contributed by atoms with van der Waals surface area (Å²) in [5, 5.41) is 0. The lowest BCUT2D eigenvalue weighted by atomic mass is 10.1. The molecule has 0 fully saturated rings. The highest BCUT2D eigenvalue weighted by atomic mass is 16.6. The van der Waals surface area contributed by atoms with E-state index >= 15 is 0 Å². The van der Waals surface area contributed by atoms with Crippen LogP contribution in [0.25, 0.3) is 0 Å². The maximum absolute atomic E-state index is 12.8. The van der Waals surface area contributed by atoms with Crippen molar-refractivity contribution in [2.24, 2.45) is 0 Å². The van der Waals surface area contributed by atoms with Gasteiger partial charge in [0.1, 0.15) is 13.2 Å². The monoisotopic (exact) mass is 863 g/mol. The van der Waals surface area contributed by atoms with Crippen molar-refractivity contribution in [3.05, 3.63) is 85.1 Å². The molecule has 1 unspecified atom stereocenters. The molecule has 0 spiro atoms. The van der Waals surface area contributed by atoms with Gasteiger partial charge in [0.2, 0.25) is 0 Å². The summed E-state index contributed by atoms with van der Waals surface area (Å²) in [7, 11) is 0. The summed E-state index contributed by atoms with van der Waals surface area (Å²) in [6.45, 7) is 6.43. The molecule has 6 nitrogen and oxygen atoms in total. The molecule has 6 heteroatoms. The van der Waals surface area contributed by atoms with E-state index < -0.39 is 6.10 Å². The van der Waals surface area contributed by atoms with Crippen molar-refractivity contribution in [1.82, 2.24) is 0 Å². The first kappa shape index (κ1) is 58.6. The predicted molar refractivity (Wildman–Crippen MR) is 265 cm³/mol. The van der Waals surface area contributed by atoms with Gasteiger partial charge in [-0.05, 0) is 89.9 Å². The van der Waals surface area contributed by atoms with Crippen LogP contribution in [0, 0.1) is 0 Å². The molecule has 0 radical (unpaired) electrons. The van der Waals surface area contributed by atoms with E-state index in [1.54, 1.807) is 0 Å². The molecular formula is C56H94O6. The second kappa shape index (κ2) is 50.2. The average Bonchev–Trinajstić information content (AvgIpc) is 3.27. The van der Waals surface area contributed by atoms with Crippen molar-refractivity contribution in [3.63, 3.8) is 0 Å². The van der Waals surface area contributed by atoms with Gasteiger partial charge in [-0.15, -0.1) is 0 Å². The minimum atomic E-state index is -0.795. The Morgan fingerprint density at radius 1 is 0.339 bits per heavy atom. The number of hydrogen-bond donors (Lipinski definition) is 0. The van der Waals surface area contributed by atoms with Crippen LogP contribution in [0.4, 0.5) is 0 Å². The Bertz CT molecular complexity index is 1220. The minimum absolute atomic E-state index is 0.0921. The first-order chi connectivity index (χ1) is 30.5. The molecule has 0 heterocycles. The summed E-state index contributed by atoms with van der Waals surface area (Å²) in [4.78, 5) is 37.9. The minimum Gasteiger partial charge on any atom is -0.462 e. The second-order valence-corrected chi connectivity index (χ2v) is 16.7. The van der Waals surface area contributed by atoms with Crippen LogP contribution in [0.5, 0.6) is 0 Å². The average molecular weight is 863 g/mol. The zero-order valence-corrected chi connectivity index (χ0v) is 40.4. The van der Waals surface area contributed by atoms with Crippen LogP contribution in [0.1, 0.15) is 233 Å². The topological polar surface area (TPSA) is 78.9 Å². The van der Waals surface area contributed by atoms with Crippen LogP contribution < -0.4 is 0 Å². The Labute approximate surface area is 382 Å². The molecule has 0 N–H and O–H groups in total. The van der Waals surface area contributed by atoms with Gasteiger partial charge in [-0.3, -0.25) is 14.4 Å². The Hall–Kier alpha value is -3.41. The van der Waals surface area contributed by atoms with Gasteiger partial charge < -0.3 is 14.2 Å². The number of ether oxygens (including phenoxy) is 3. The van der Waals surface area contributed by atoms with Crippen molar-refractivity contribution in [1.29, 1.82) is 0 Å². The summed E-state index contributed by atoms with van der Waals surface area (Å²) in [5.74, 6) is -0.942. The summed E-state index contributed by atoms with van der Waals surface area (Å²) >= 11 is 0. The number of unbranched alkanes of at least 4 members (excludes halogenated alkanes) is 20. The van der Waals surface area contributed by atoms with Crippen molar-refractivity contribution in [2.45, 2.75) is 239 Å². The standard InChI is InChI=1S/C56H94O6/c1-4-7-10-13-16-19-22-24-26-27-28-29-30-32-34-37-40-43-46-49-55(58)61-52-53(51-60-54(57)48-45-42-39-36-33-21-18-15-12-9-6-3)62-56(59)50-47-44-41-38-35-31-25-23-20-17-14-11-8-5-2/h7,10,14,16-17,19,23-26,28-29,32,34,53H,4-6,8-9,11-13,15,18,20-22,27,30-31,33,35-52H2,1-3H3/b10-7-,17-14-,19-16-,25-23-,26-24-,29-28-,34-32-. The van der Waals surface area contributed by atoms with Gasteiger partial charge in [-0.2, -0.15) is 0 Å². The number of rotatable bonds is 45. The highest BCUT2D eigenvalue weighted by Gasteiger charge is 2.19. The van der Waals surface area contributed by atoms with Crippen LogP contribution in [-0.4, -0.2) is 37.2 Å². The lowest BCUT2D eigenvalue weighted by molar-refractivity contribution is -0.167. The first-order valence-corrected chi connectivity index (χ1v) is 25.6. The van der Waals surface area contributed by atoms with Gasteiger partial charge in [-0.1, -0.05) is 209 Å². The van der Waals surface area contributed by atoms with E-state index in [9.17, 15) is 14.4 Å². The lowest BCUT2D eigenvalue weighted by Crippen LogP contribution is -2.30. The number of esters is 3. The molecular weight excluding hydrogens is 769 g/mol. The SMILES string of the molecule is CC/C=C\C/C=C\C/C=C\C/C=C\C/C=C\CCCCCC(=O)OCC(COC(=O)CCCCCCCCCCCCC)OC(=O)CCCCCCC/C=C\C/C=C\CCCC. The van der Waals surface area contributed by atoms with E-state index in [1.807, 2.05) is 0 Å². The second-order valence-electron chi connectivity index (χ2n) is 16.7. The first-order valence-electron chi connectivity index (χ1n) is 25.6. The van der Waals surface area contributed by atoms with Gasteiger partial charge in [0.05, 0.1) is 0 Å². The van der Waals surface area contributed by atoms with Gasteiger partial charge in [0.25, 0.3) is 0 Å². The molecule has 354 valence electrons. The molecule has 0 bridgehead atoms. The Morgan fingerprint density at radius 3 is 1.05 bits per heavy atom. The van der Waals surface area contributed by atoms with Crippen LogP contribution in [0.3, 0.4) is 0 Å². The molecule has 0 aromatic heterocycles. The summed E-state index contributed by atoms with van der Waals surface area (Å²) in [6.07, 6.45) is 64.2. The summed E-state index contributed by atoms with van der Waals surface area (Å²) in [5.41, 5.74) is 0. The molecule has 0 saturated heterocycles. The molecule has 0 amide bonds. The zero-order valence-electron chi connectivity index (χ0n) is 40.4. The van der Waals surface area contributed by atoms with Crippen LogP contribution in [0.2, 0.25) is 0 Å². The van der Waals surface area contributed by atoms with Crippen LogP contribution in [-0.2, 0) is 28.6 Å². The molecule has 0 aromatic rings. The largest absolute Gasteiger partial charge is 0.462 e. The number of hydrogen-bond acceptors (Lipinski definition) is 6. The number of allylic oxidation sites excluding steroid dienone is 14. The Kier molecular flexibility index (Phi) is 47.5. The molecule has 0 saturated carbocycles. The predicted octanol–water partition coefficient (Wildman–Crippen LogP) is 16.8. The van der Waals surface area contributed by atoms with E-state index in [-0.39, 0.29) is 31.1 Å². The van der Waals surface area contributed by atoms with Crippen LogP contribution in [0.15, 0.2) is 85.1 Å². The molecule has 0 aliphatic heterocycles. The normalized spacial score (nSPS) is 12.8. The van der Waals surface area contributed by atoms with E-state index in [0.717, 1.165) is 122 Å². The van der Waals surface area contributed by atoms with Crippen molar-refractivity contribution < 1.29 is 28.6 Å². The molecule has 0 aliphatic rings. The van der Waals surface area contributed by atoms with E-state index in [1.165, 1.54) is 70.6 Å². The summed E-state index contributed by atoms with van der Waals surface area (Å²) < 4.78 is 16.7. The van der Waals surface area contributed by atoms with E-state index in [4.69, 9.17) is 14.2 Å². The van der Waals surface area contributed by atoms with Gasteiger partial charge in [0.15, 0.2) is 6.10 Å². The molecule has 62 heavy (non-hydrogen) atoms. The fourth-order valence-electron chi connectivity index (χ4n) is 6.78. The molecule has 0 rings (SSSR count). The maximum Gasteiger partial charge on any atom is 0.306 e. The highest BCUT2D eigenvalue weighted by molar-refractivity contribution is 5.71. The quantitative estimate of drug-likeness (QED) is 0.0263.